The maximum atomic E-state index is 9.71. The molecule has 2 heterocycles. The molecular weight excluding hydrogens is 821 g/mol. The summed E-state index contributed by atoms with van der Waals surface area (Å²) >= 11 is 3.66. The standard InChI is InChI=1S/C20H13BO3.C20H11BrO.C6H15BO3.C4H9.Li/c22-21(23)16-10-11-18-20-14(7-3-8-15(16)20)13-6-1-4-12-5-2-9-17(24-18)19(12)13;21-16-10-11-18-20-14(7-3-8-15(16)20)13-6-1-4-12-5-2-9-17(22-18)19(12)13;1-4-8-7(9-5-2)10-6-3;1-3-4-2;/h1-11,22-23H;1-11H;4-6H2,1-3H3;1,3-4H2,2H3;/q;;;-1;+1. The Balaban J connectivity index is 0.000000156. The van der Waals surface area contributed by atoms with Gasteiger partial charge in [-0.1, -0.05) is 132 Å². The molecule has 0 atom stereocenters. The minimum atomic E-state index is -1.52. The Bertz CT molecular complexity index is 3010. The van der Waals surface area contributed by atoms with Gasteiger partial charge in [-0.2, -0.15) is 6.42 Å². The summed E-state index contributed by atoms with van der Waals surface area (Å²) < 4.78 is 28.8. The van der Waals surface area contributed by atoms with Crippen LogP contribution in [0.3, 0.4) is 0 Å². The van der Waals surface area contributed by atoms with E-state index in [2.05, 4.69) is 103 Å². The second-order valence-electron chi connectivity index (χ2n) is 14.1. The summed E-state index contributed by atoms with van der Waals surface area (Å²) in [4.78, 5) is 0. The van der Waals surface area contributed by atoms with Crippen molar-refractivity contribution in [2.75, 3.05) is 19.8 Å². The van der Waals surface area contributed by atoms with Crippen LogP contribution in [0.4, 0.5) is 0 Å². The van der Waals surface area contributed by atoms with Crippen molar-refractivity contribution in [1.82, 2.24) is 0 Å². The van der Waals surface area contributed by atoms with E-state index in [0.717, 1.165) is 65.5 Å². The molecule has 10 aromatic rings. The first kappa shape index (κ1) is 45.9. The molecule has 0 saturated carbocycles. The molecule has 8 aromatic carbocycles. The topological polar surface area (TPSA) is 94.4 Å². The van der Waals surface area contributed by atoms with Gasteiger partial charge in [-0.05, 0) is 94.3 Å². The molecule has 0 aliphatic carbocycles. The average Bonchev–Trinajstić information content (AvgIpc) is 3.51. The van der Waals surface area contributed by atoms with E-state index in [-0.39, 0.29) is 18.9 Å². The molecule has 0 bridgehead atoms. The Morgan fingerprint density at radius 1 is 0.492 bits per heavy atom. The fourth-order valence-electron chi connectivity index (χ4n) is 7.60. The van der Waals surface area contributed by atoms with E-state index >= 15 is 0 Å². The van der Waals surface area contributed by atoms with Crippen LogP contribution in [0.2, 0.25) is 0 Å². The number of unbranched alkanes of at least 4 members (excludes halogenated alkanes) is 1. The Labute approximate surface area is 377 Å². The molecule has 0 spiro atoms. The molecule has 0 aliphatic heterocycles. The van der Waals surface area contributed by atoms with Crippen LogP contribution in [0.5, 0.6) is 0 Å². The number of benzene rings is 8. The fourth-order valence-corrected chi connectivity index (χ4v) is 8.06. The van der Waals surface area contributed by atoms with E-state index in [1.165, 1.54) is 38.7 Å². The minimum Gasteiger partial charge on any atom is -0.456 e. The summed E-state index contributed by atoms with van der Waals surface area (Å²) in [5, 5.41) is 32.7. The predicted octanol–water partition coefficient (Wildman–Crippen LogP) is 9.93. The summed E-state index contributed by atoms with van der Waals surface area (Å²) in [5.41, 5.74) is 3.87. The van der Waals surface area contributed by atoms with Crippen molar-refractivity contribution in [2.45, 2.75) is 40.5 Å². The molecule has 11 heteroatoms. The monoisotopic (exact) mass is 868 g/mol. The SMILES string of the molecule is Brc1ccc2oc3cccc4cccc(c5cccc1c25)c43.CCOB(OCC)OCC.OB(O)c1ccc2oc3cccc4cccc(c5cccc1c25)c43.[CH2-]CCC.[Li+]. The summed E-state index contributed by atoms with van der Waals surface area (Å²) in [7, 11) is -1.99. The van der Waals surface area contributed by atoms with E-state index in [4.69, 9.17) is 22.8 Å². The van der Waals surface area contributed by atoms with Gasteiger partial charge in [0, 0.05) is 51.2 Å². The largest absolute Gasteiger partial charge is 1.00 e. The third-order valence-corrected chi connectivity index (χ3v) is 11.0. The van der Waals surface area contributed by atoms with Crippen LogP contribution in [0, 0.1) is 6.92 Å². The molecule has 0 unspecified atom stereocenters. The molecule has 0 aliphatic rings. The first-order chi connectivity index (χ1) is 29.3. The molecule has 0 fully saturated rings. The van der Waals surface area contributed by atoms with Crippen molar-refractivity contribution in [3.8, 4) is 0 Å². The van der Waals surface area contributed by atoms with Gasteiger partial charge in [0.05, 0.1) is 0 Å². The molecule has 10 rings (SSSR count). The fraction of sp³-hybridized carbons (Fsp3) is 0.180. The first-order valence-corrected chi connectivity index (χ1v) is 21.3. The van der Waals surface area contributed by atoms with Gasteiger partial charge in [0.2, 0.25) is 0 Å². The summed E-state index contributed by atoms with van der Waals surface area (Å²) in [6.07, 6.45) is 2.28. The van der Waals surface area contributed by atoms with Crippen LogP contribution in [0.15, 0.2) is 147 Å². The van der Waals surface area contributed by atoms with E-state index in [0.29, 0.717) is 25.3 Å². The maximum absolute atomic E-state index is 9.71. The van der Waals surface area contributed by atoms with Crippen molar-refractivity contribution in [3.63, 3.8) is 0 Å². The Hall–Kier alpha value is -4.59. The van der Waals surface area contributed by atoms with Gasteiger partial charge in [-0.25, -0.2) is 0 Å². The van der Waals surface area contributed by atoms with Gasteiger partial charge in [-0.15, -0.1) is 0 Å². The molecule has 0 saturated heterocycles. The number of hydrogen-bond acceptors (Lipinski definition) is 7. The molecule has 61 heavy (non-hydrogen) atoms. The van der Waals surface area contributed by atoms with Crippen molar-refractivity contribution >= 4 is 123 Å². The summed E-state index contributed by atoms with van der Waals surface area (Å²) in [6, 6.07) is 44.8. The predicted molar refractivity (Wildman–Crippen MR) is 256 cm³/mol. The van der Waals surface area contributed by atoms with Crippen LogP contribution in [-0.2, 0) is 14.0 Å². The molecule has 0 radical (unpaired) electrons. The number of rotatable bonds is 8. The maximum Gasteiger partial charge on any atom is 1.00 e. The van der Waals surface area contributed by atoms with E-state index in [1.807, 2.05) is 75.4 Å². The summed E-state index contributed by atoms with van der Waals surface area (Å²) in [6.45, 7) is 13.3. The van der Waals surface area contributed by atoms with Crippen LogP contribution >= 0.6 is 15.9 Å². The van der Waals surface area contributed by atoms with Crippen molar-refractivity contribution in [2.24, 2.45) is 0 Å². The molecule has 304 valence electrons. The van der Waals surface area contributed by atoms with Gasteiger partial charge in [0.15, 0.2) is 0 Å². The average molecular weight is 869 g/mol. The molecular formula is C50H48B2BrLiO7. The summed E-state index contributed by atoms with van der Waals surface area (Å²) in [5.74, 6) is 0. The Kier molecular flexibility index (Phi) is 16.2. The molecule has 7 nitrogen and oxygen atoms in total. The zero-order valence-corrected chi connectivity index (χ0v) is 37.0. The molecule has 0 amide bonds. The van der Waals surface area contributed by atoms with Crippen LogP contribution in [-0.4, -0.2) is 44.3 Å². The number of halogens is 1. The van der Waals surface area contributed by atoms with Crippen LogP contribution < -0.4 is 24.3 Å². The quantitative estimate of drug-likeness (QED) is 0.116. The van der Waals surface area contributed by atoms with Gasteiger partial charge < -0.3 is 39.8 Å². The van der Waals surface area contributed by atoms with E-state index in [9.17, 15) is 10.0 Å². The van der Waals surface area contributed by atoms with E-state index < -0.39 is 14.4 Å². The van der Waals surface area contributed by atoms with Crippen LogP contribution in [0.1, 0.15) is 40.5 Å². The number of fused-ring (bicyclic) bond motifs is 2. The first-order valence-electron chi connectivity index (χ1n) is 20.5. The second kappa shape index (κ2) is 21.5. The smallest absolute Gasteiger partial charge is 0.456 e. The number of hydrogen-bond donors (Lipinski definition) is 2. The normalized spacial score (nSPS) is 11.0. The third kappa shape index (κ3) is 9.74. The van der Waals surface area contributed by atoms with Gasteiger partial charge >= 0.3 is 33.3 Å². The van der Waals surface area contributed by atoms with Crippen molar-refractivity contribution in [1.29, 1.82) is 0 Å². The van der Waals surface area contributed by atoms with Crippen molar-refractivity contribution < 1.29 is 51.7 Å². The molecule has 2 N–H and O–H groups in total. The zero-order chi connectivity index (χ0) is 42.2. The van der Waals surface area contributed by atoms with Gasteiger partial charge in [0.25, 0.3) is 0 Å². The van der Waals surface area contributed by atoms with Crippen molar-refractivity contribution in [3.05, 3.63) is 145 Å². The molecule has 2 aromatic heterocycles. The van der Waals surface area contributed by atoms with Gasteiger partial charge in [-0.3, -0.25) is 0 Å². The second-order valence-corrected chi connectivity index (χ2v) is 14.9. The van der Waals surface area contributed by atoms with E-state index in [1.54, 1.807) is 6.07 Å². The van der Waals surface area contributed by atoms with Gasteiger partial charge in [0.1, 0.15) is 22.3 Å². The zero-order valence-electron chi connectivity index (χ0n) is 35.4. The third-order valence-electron chi connectivity index (χ3n) is 10.3. The Morgan fingerprint density at radius 3 is 1.30 bits per heavy atom. The Morgan fingerprint density at radius 2 is 0.852 bits per heavy atom. The van der Waals surface area contributed by atoms with Crippen LogP contribution in [0.25, 0.3) is 87.0 Å². The minimum absolute atomic E-state index is 0.